The summed E-state index contributed by atoms with van der Waals surface area (Å²) < 4.78 is 37.8. The van der Waals surface area contributed by atoms with Gasteiger partial charge in [0.25, 0.3) is 10.0 Å². The maximum Gasteiger partial charge on any atom is 0.336 e. The lowest BCUT2D eigenvalue weighted by Gasteiger charge is -2.21. The van der Waals surface area contributed by atoms with Crippen molar-refractivity contribution in [1.82, 2.24) is 0 Å². The van der Waals surface area contributed by atoms with E-state index in [0.717, 1.165) is 17.4 Å². The molecule has 0 amide bonds. The van der Waals surface area contributed by atoms with Gasteiger partial charge in [-0.2, -0.15) is 0 Å². The molecule has 0 saturated carbocycles. The van der Waals surface area contributed by atoms with Crippen molar-refractivity contribution in [1.29, 1.82) is 0 Å². The van der Waals surface area contributed by atoms with Crippen molar-refractivity contribution in [2.24, 2.45) is 0 Å². The Balaban J connectivity index is 1.93. The van der Waals surface area contributed by atoms with E-state index in [4.69, 9.17) is 14.6 Å². The van der Waals surface area contributed by atoms with Crippen molar-refractivity contribution in [2.75, 3.05) is 17.9 Å². The van der Waals surface area contributed by atoms with Crippen molar-refractivity contribution in [2.45, 2.75) is 4.21 Å². The fourth-order valence-electron chi connectivity index (χ4n) is 1.92. The fraction of sp³-hybridized carbons (Fsp3) is 0.154. The fourth-order valence-corrected chi connectivity index (χ4v) is 4.13. The van der Waals surface area contributed by atoms with Crippen LogP contribution in [0.15, 0.2) is 33.9 Å². The van der Waals surface area contributed by atoms with Crippen LogP contribution in [-0.4, -0.2) is 32.7 Å². The molecule has 0 unspecified atom stereocenters. The first-order valence-electron chi connectivity index (χ1n) is 6.20. The lowest BCUT2D eigenvalue weighted by molar-refractivity contribution is 0.0697. The molecule has 0 fully saturated rings. The normalized spacial score (nSPS) is 13.6. The van der Waals surface area contributed by atoms with Crippen LogP contribution in [0.1, 0.15) is 10.4 Å². The standard InChI is InChI=1S/C13H11NO6S2/c15-13(16)8-6-11(21-7-8)22(17,18)14-9-2-1-3-10-12(9)20-5-4-19-10/h1-3,6-7,14H,4-5H2,(H,15,16). The molecule has 0 saturated heterocycles. The zero-order chi connectivity index (χ0) is 15.7. The molecule has 1 aliphatic heterocycles. The molecule has 3 rings (SSSR count). The van der Waals surface area contributed by atoms with Crippen LogP contribution in [0.25, 0.3) is 0 Å². The van der Waals surface area contributed by atoms with Crippen LogP contribution in [0.3, 0.4) is 0 Å². The molecule has 1 aromatic carbocycles. The molecule has 0 aliphatic carbocycles. The average Bonchev–Trinajstić information content (AvgIpc) is 2.98. The van der Waals surface area contributed by atoms with Crippen LogP contribution in [-0.2, 0) is 10.0 Å². The Morgan fingerprint density at radius 1 is 1.27 bits per heavy atom. The number of thiophene rings is 1. The molecular formula is C13H11NO6S2. The summed E-state index contributed by atoms with van der Waals surface area (Å²) in [5, 5.41) is 10.1. The molecule has 0 radical (unpaired) electrons. The number of rotatable bonds is 4. The van der Waals surface area contributed by atoms with Crippen LogP contribution in [0.4, 0.5) is 5.69 Å². The van der Waals surface area contributed by atoms with Gasteiger partial charge in [-0.15, -0.1) is 11.3 Å². The Labute approximate surface area is 130 Å². The van der Waals surface area contributed by atoms with Crippen molar-refractivity contribution >= 4 is 33.0 Å². The second kappa shape index (κ2) is 5.50. The smallest absolute Gasteiger partial charge is 0.336 e. The number of aromatic carboxylic acids is 1. The minimum atomic E-state index is -3.89. The van der Waals surface area contributed by atoms with Gasteiger partial charge in [0.2, 0.25) is 0 Å². The molecule has 7 nitrogen and oxygen atoms in total. The first-order chi connectivity index (χ1) is 10.5. The largest absolute Gasteiger partial charge is 0.486 e. The average molecular weight is 341 g/mol. The number of nitrogens with one attached hydrogen (secondary N) is 1. The molecule has 116 valence electrons. The van der Waals surface area contributed by atoms with Crippen LogP contribution >= 0.6 is 11.3 Å². The molecule has 22 heavy (non-hydrogen) atoms. The Morgan fingerprint density at radius 3 is 2.77 bits per heavy atom. The molecule has 9 heteroatoms. The van der Waals surface area contributed by atoms with Gasteiger partial charge in [0.1, 0.15) is 17.4 Å². The Hall–Kier alpha value is -2.26. The van der Waals surface area contributed by atoms with Gasteiger partial charge in [0.05, 0.1) is 11.3 Å². The van der Waals surface area contributed by atoms with Crippen LogP contribution in [0, 0.1) is 0 Å². The van der Waals surface area contributed by atoms with Gasteiger partial charge in [-0.1, -0.05) is 6.07 Å². The molecule has 1 aliphatic rings. The van der Waals surface area contributed by atoms with Crippen LogP contribution in [0.2, 0.25) is 0 Å². The number of fused-ring (bicyclic) bond motifs is 1. The minimum Gasteiger partial charge on any atom is -0.486 e. The highest BCUT2D eigenvalue weighted by Crippen LogP contribution is 2.38. The molecule has 0 spiro atoms. The van der Waals surface area contributed by atoms with Crippen LogP contribution < -0.4 is 14.2 Å². The monoisotopic (exact) mass is 341 g/mol. The van der Waals surface area contributed by atoms with E-state index in [0.29, 0.717) is 24.7 Å². The number of sulfonamides is 1. The van der Waals surface area contributed by atoms with E-state index in [9.17, 15) is 13.2 Å². The quantitative estimate of drug-likeness (QED) is 0.882. The molecule has 1 aromatic heterocycles. The van der Waals surface area contributed by atoms with E-state index < -0.39 is 16.0 Å². The zero-order valence-electron chi connectivity index (χ0n) is 11.1. The summed E-state index contributed by atoms with van der Waals surface area (Å²) in [6.45, 7) is 0.726. The number of carboxylic acid groups (broad SMARTS) is 1. The molecule has 0 bridgehead atoms. The van der Waals surface area contributed by atoms with Crippen LogP contribution in [0.5, 0.6) is 11.5 Å². The first kappa shape index (κ1) is 14.7. The lowest BCUT2D eigenvalue weighted by Crippen LogP contribution is -2.18. The van der Waals surface area contributed by atoms with Gasteiger partial charge in [-0.25, -0.2) is 13.2 Å². The maximum absolute atomic E-state index is 12.3. The molecule has 2 N–H and O–H groups in total. The van der Waals surface area contributed by atoms with Gasteiger partial charge in [-0.05, 0) is 18.2 Å². The Bertz CT molecular complexity index is 827. The summed E-state index contributed by atoms with van der Waals surface area (Å²) >= 11 is 0.838. The van der Waals surface area contributed by atoms with E-state index in [1.165, 1.54) is 5.38 Å². The summed E-state index contributed by atoms with van der Waals surface area (Å²) in [6, 6.07) is 5.99. The highest BCUT2D eigenvalue weighted by atomic mass is 32.2. The minimum absolute atomic E-state index is 0.0694. The summed E-state index contributed by atoms with van der Waals surface area (Å²) in [5.74, 6) is -0.386. The number of hydrogen-bond acceptors (Lipinski definition) is 6. The maximum atomic E-state index is 12.3. The third-order valence-corrected chi connectivity index (χ3v) is 5.70. The molecule has 2 aromatic rings. The van der Waals surface area contributed by atoms with Gasteiger partial charge < -0.3 is 14.6 Å². The molecule has 2 heterocycles. The lowest BCUT2D eigenvalue weighted by atomic mass is 10.2. The van der Waals surface area contributed by atoms with Crippen molar-refractivity contribution < 1.29 is 27.8 Å². The summed E-state index contributed by atoms with van der Waals surface area (Å²) in [7, 11) is -3.89. The highest BCUT2D eigenvalue weighted by Gasteiger charge is 2.23. The summed E-state index contributed by atoms with van der Waals surface area (Å²) in [4.78, 5) is 10.8. The second-order valence-corrected chi connectivity index (χ2v) is 7.22. The van der Waals surface area contributed by atoms with Gasteiger partial charge in [0.15, 0.2) is 11.5 Å². The van der Waals surface area contributed by atoms with E-state index in [2.05, 4.69) is 4.72 Å². The summed E-state index contributed by atoms with van der Waals surface area (Å²) in [5.41, 5.74) is 0.183. The number of benzene rings is 1. The Kier molecular flexibility index (Phi) is 3.67. The third kappa shape index (κ3) is 2.72. The molecule has 0 atom stereocenters. The number of carbonyl (C=O) groups is 1. The second-order valence-electron chi connectivity index (χ2n) is 4.39. The van der Waals surface area contributed by atoms with E-state index in [1.54, 1.807) is 18.2 Å². The van der Waals surface area contributed by atoms with Gasteiger partial charge in [0, 0.05) is 5.38 Å². The number of para-hydroxylation sites is 1. The first-order valence-corrected chi connectivity index (χ1v) is 8.57. The predicted octanol–water partition coefficient (Wildman–Crippen LogP) is 2.02. The van der Waals surface area contributed by atoms with E-state index in [-0.39, 0.29) is 15.5 Å². The SMILES string of the molecule is O=C(O)c1csc(S(=O)(=O)Nc2cccc3c2OCCO3)c1. The molecular weight excluding hydrogens is 330 g/mol. The van der Waals surface area contributed by atoms with Crippen molar-refractivity contribution in [3.8, 4) is 11.5 Å². The number of hydrogen-bond donors (Lipinski definition) is 2. The Morgan fingerprint density at radius 2 is 2.05 bits per heavy atom. The van der Waals surface area contributed by atoms with Gasteiger partial charge in [-0.3, -0.25) is 4.72 Å². The van der Waals surface area contributed by atoms with Gasteiger partial charge >= 0.3 is 5.97 Å². The third-order valence-electron chi connectivity index (χ3n) is 2.90. The number of anilines is 1. The topological polar surface area (TPSA) is 102 Å². The van der Waals surface area contributed by atoms with E-state index in [1.807, 2.05) is 0 Å². The highest BCUT2D eigenvalue weighted by molar-refractivity contribution is 7.94. The zero-order valence-corrected chi connectivity index (χ0v) is 12.7. The predicted molar refractivity (Wildman–Crippen MR) is 79.5 cm³/mol. The number of ether oxygens (including phenoxy) is 2. The van der Waals surface area contributed by atoms with E-state index >= 15 is 0 Å². The summed E-state index contributed by atoms with van der Waals surface area (Å²) in [6.07, 6.45) is 0. The van der Waals surface area contributed by atoms with Crippen molar-refractivity contribution in [3.05, 3.63) is 35.2 Å². The number of carboxylic acids is 1. The van der Waals surface area contributed by atoms with Crippen molar-refractivity contribution in [3.63, 3.8) is 0 Å².